The van der Waals surface area contributed by atoms with Crippen molar-refractivity contribution in [2.45, 2.75) is 13.3 Å². The molecule has 7 heteroatoms. The summed E-state index contributed by atoms with van der Waals surface area (Å²) in [6.07, 6.45) is 1.77. The molecule has 0 amide bonds. The predicted molar refractivity (Wildman–Crippen MR) is 66.9 cm³/mol. The minimum absolute atomic E-state index is 0.121. The van der Waals surface area contributed by atoms with Crippen LogP contribution in [0.15, 0.2) is 12.3 Å². The fourth-order valence-corrected chi connectivity index (χ4v) is 2.16. The molecule has 1 fully saturated rings. The highest BCUT2D eigenvalue weighted by atomic mass is 35.5. The van der Waals surface area contributed by atoms with Gasteiger partial charge >= 0.3 is 5.69 Å². The summed E-state index contributed by atoms with van der Waals surface area (Å²) in [6, 6.07) is 1.28. The molecule has 0 N–H and O–H groups in total. The average molecular weight is 270 g/mol. The van der Waals surface area contributed by atoms with Crippen LogP contribution in [0.5, 0.6) is 0 Å². The highest BCUT2D eigenvalue weighted by Crippen LogP contribution is 2.30. The summed E-state index contributed by atoms with van der Waals surface area (Å²) >= 11 is 5.71. The van der Waals surface area contributed by atoms with E-state index in [9.17, 15) is 14.9 Å². The van der Waals surface area contributed by atoms with Crippen LogP contribution in [0.4, 0.5) is 11.5 Å². The molecule has 0 saturated carbocycles. The molecule has 1 aliphatic rings. The number of aromatic nitrogens is 1. The van der Waals surface area contributed by atoms with Crippen molar-refractivity contribution in [3.63, 3.8) is 0 Å². The SMILES string of the molecule is CC1CN(c2ncc(Cl)cc2[N+](=O)[O-])CCC1=O. The minimum atomic E-state index is -0.505. The molecule has 0 aliphatic carbocycles. The minimum Gasteiger partial charge on any atom is -0.350 e. The van der Waals surface area contributed by atoms with E-state index in [1.807, 2.05) is 6.92 Å². The second-order valence-corrected chi connectivity index (χ2v) is 4.75. The third-order valence-corrected chi connectivity index (χ3v) is 3.19. The first-order chi connectivity index (χ1) is 8.49. The number of nitro groups is 1. The Hall–Kier alpha value is -1.69. The maximum absolute atomic E-state index is 11.4. The van der Waals surface area contributed by atoms with Crippen LogP contribution in [0.1, 0.15) is 13.3 Å². The van der Waals surface area contributed by atoms with Crippen LogP contribution in [0, 0.1) is 16.0 Å². The van der Waals surface area contributed by atoms with E-state index in [-0.39, 0.29) is 28.2 Å². The lowest BCUT2D eigenvalue weighted by Crippen LogP contribution is -2.40. The number of Topliss-reactive ketones (excluding diaryl/α,β-unsaturated/α-hetero) is 1. The highest BCUT2D eigenvalue weighted by molar-refractivity contribution is 6.30. The molecule has 1 aromatic rings. The van der Waals surface area contributed by atoms with Gasteiger partial charge in [-0.1, -0.05) is 18.5 Å². The number of carbonyl (C=O) groups is 1. The predicted octanol–water partition coefficient (Wildman–Crippen LogP) is 2.06. The van der Waals surface area contributed by atoms with Crippen molar-refractivity contribution in [1.29, 1.82) is 0 Å². The molecule has 1 aliphatic heterocycles. The number of pyridine rings is 1. The summed E-state index contributed by atoms with van der Waals surface area (Å²) < 4.78 is 0. The summed E-state index contributed by atoms with van der Waals surface area (Å²) in [5, 5.41) is 11.2. The highest BCUT2D eigenvalue weighted by Gasteiger charge is 2.29. The Balaban J connectivity index is 2.33. The first kappa shape index (κ1) is 12.8. The van der Waals surface area contributed by atoms with Crippen molar-refractivity contribution < 1.29 is 9.72 Å². The molecule has 0 spiro atoms. The Kier molecular flexibility index (Phi) is 3.47. The van der Waals surface area contributed by atoms with E-state index in [0.717, 1.165) is 0 Å². The van der Waals surface area contributed by atoms with Crippen LogP contribution in [0.25, 0.3) is 0 Å². The van der Waals surface area contributed by atoms with Gasteiger partial charge in [-0.2, -0.15) is 0 Å². The lowest BCUT2D eigenvalue weighted by Gasteiger charge is -2.30. The van der Waals surface area contributed by atoms with E-state index < -0.39 is 4.92 Å². The van der Waals surface area contributed by atoms with Gasteiger partial charge in [0.1, 0.15) is 5.78 Å². The van der Waals surface area contributed by atoms with Crippen LogP contribution in [0.3, 0.4) is 0 Å². The van der Waals surface area contributed by atoms with Gasteiger partial charge < -0.3 is 4.90 Å². The Bertz CT molecular complexity index is 506. The van der Waals surface area contributed by atoms with Gasteiger partial charge in [0.05, 0.1) is 9.95 Å². The Morgan fingerprint density at radius 1 is 1.61 bits per heavy atom. The van der Waals surface area contributed by atoms with Crippen molar-refractivity contribution in [2.24, 2.45) is 5.92 Å². The van der Waals surface area contributed by atoms with Gasteiger partial charge in [0, 0.05) is 37.7 Å². The van der Waals surface area contributed by atoms with Crippen molar-refractivity contribution in [1.82, 2.24) is 4.98 Å². The second-order valence-electron chi connectivity index (χ2n) is 4.32. The molecule has 1 atom stereocenters. The van der Waals surface area contributed by atoms with Crippen molar-refractivity contribution in [3.05, 3.63) is 27.4 Å². The van der Waals surface area contributed by atoms with Gasteiger partial charge in [-0.05, 0) is 0 Å². The average Bonchev–Trinajstić information content (AvgIpc) is 2.32. The van der Waals surface area contributed by atoms with Crippen LogP contribution in [0.2, 0.25) is 5.02 Å². The number of nitrogens with zero attached hydrogens (tertiary/aromatic N) is 3. The van der Waals surface area contributed by atoms with Crippen LogP contribution in [-0.2, 0) is 4.79 Å². The molecular formula is C11H12ClN3O3. The van der Waals surface area contributed by atoms with Crippen molar-refractivity contribution in [2.75, 3.05) is 18.0 Å². The summed E-state index contributed by atoms with van der Waals surface area (Å²) in [7, 11) is 0. The zero-order chi connectivity index (χ0) is 13.3. The first-order valence-electron chi connectivity index (χ1n) is 5.56. The van der Waals surface area contributed by atoms with Crippen LogP contribution >= 0.6 is 11.6 Å². The second kappa shape index (κ2) is 4.89. The molecule has 2 heterocycles. The lowest BCUT2D eigenvalue weighted by molar-refractivity contribution is -0.384. The largest absolute Gasteiger partial charge is 0.350 e. The number of piperidine rings is 1. The van der Waals surface area contributed by atoms with Crippen LogP contribution < -0.4 is 4.90 Å². The smallest absolute Gasteiger partial charge is 0.313 e. The standard InChI is InChI=1S/C11H12ClN3O3/c1-7-6-14(3-2-10(7)16)11-9(15(17)18)4-8(12)5-13-11/h4-5,7H,2-3,6H2,1H3. The Morgan fingerprint density at radius 2 is 2.33 bits per heavy atom. The lowest BCUT2D eigenvalue weighted by atomic mass is 9.98. The summed E-state index contributed by atoms with van der Waals surface area (Å²) in [6.45, 7) is 2.73. The summed E-state index contributed by atoms with van der Waals surface area (Å²) in [4.78, 5) is 27.7. The van der Waals surface area contributed by atoms with Crippen molar-refractivity contribution >= 4 is 28.9 Å². The first-order valence-corrected chi connectivity index (χ1v) is 5.94. The topological polar surface area (TPSA) is 76.3 Å². The molecule has 0 radical (unpaired) electrons. The van der Waals surface area contributed by atoms with Crippen LogP contribution in [-0.4, -0.2) is 28.8 Å². The zero-order valence-corrected chi connectivity index (χ0v) is 10.6. The van der Waals surface area contributed by atoms with Gasteiger partial charge in [0.2, 0.25) is 5.82 Å². The molecule has 6 nitrogen and oxygen atoms in total. The number of halogens is 1. The molecule has 18 heavy (non-hydrogen) atoms. The van der Waals surface area contributed by atoms with Gasteiger partial charge in [0.15, 0.2) is 0 Å². The molecule has 2 rings (SSSR count). The molecular weight excluding hydrogens is 258 g/mol. The van der Waals surface area contributed by atoms with E-state index in [4.69, 9.17) is 11.6 Å². The number of rotatable bonds is 2. The fourth-order valence-electron chi connectivity index (χ4n) is 2.01. The number of ketones is 1. The Labute approximate surface area is 109 Å². The summed E-state index contributed by atoms with van der Waals surface area (Å²) in [5.41, 5.74) is -0.121. The van der Waals surface area contributed by atoms with E-state index in [0.29, 0.717) is 19.5 Å². The molecule has 1 aromatic heterocycles. The maximum Gasteiger partial charge on any atom is 0.313 e. The third-order valence-electron chi connectivity index (χ3n) is 2.98. The number of hydrogen-bond donors (Lipinski definition) is 0. The van der Waals surface area contributed by atoms with Gasteiger partial charge in [0.25, 0.3) is 0 Å². The molecule has 1 unspecified atom stereocenters. The van der Waals surface area contributed by atoms with Crippen molar-refractivity contribution in [3.8, 4) is 0 Å². The van der Waals surface area contributed by atoms with E-state index in [2.05, 4.69) is 4.98 Å². The molecule has 96 valence electrons. The summed E-state index contributed by atoms with van der Waals surface area (Å²) in [5.74, 6) is 0.336. The number of carbonyl (C=O) groups excluding carboxylic acids is 1. The zero-order valence-electron chi connectivity index (χ0n) is 9.80. The van der Waals surface area contributed by atoms with Gasteiger partial charge in [-0.3, -0.25) is 14.9 Å². The normalized spacial score (nSPS) is 20.0. The van der Waals surface area contributed by atoms with E-state index in [1.54, 1.807) is 4.90 Å². The molecule has 0 bridgehead atoms. The monoisotopic (exact) mass is 269 g/mol. The van der Waals surface area contributed by atoms with Gasteiger partial charge in [-0.25, -0.2) is 4.98 Å². The number of anilines is 1. The maximum atomic E-state index is 11.4. The van der Waals surface area contributed by atoms with E-state index >= 15 is 0 Å². The number of hydrogen-bond acceptors (Lipinski definition) is 5. The quantitative estimate of drug-likeness (QED) is 0.607. The molecule has 1 saturated heterocycles. The van der Waals surface area contributed by atoms with Gasteiger partial charge in [-0.15, -0.1) is 0 Å². The van der Waals surface area contributed by atoms with E-state index in [1.165, 1.54) is 12.3 Å². The fraction of sp³-hybridized carbons (Fsp3) is 0.455. The third kappa shape index (κ3) is 2.43. The molecule has 0 aromatic carbocycles. The Morgan fingerprint density at radius 3 is 2.94 bits per heavy atom.